The first-order chi connectivity index (χ1) is 15.6. The summed E-state index contributed by atoms with van der Waals surface area (Å²) in [6.07, 6.45) is 3.22. The van der Waals surface area contributed by atoms with Crippen LogP contribution < -0.4 is 10.3 Å². The SMILES string of the molecule is Cc1nc(COc2cc(C)n(-c3ccnc(-c4ccnc(C(C)(C)O)n4)c3)c(=O)c2C)cs1. The molecule has 0 saturated heterocycles. The van der Waals surface area contributed by atoms with Gasteiger partial charge in [-0.25, -0.2) is 15.0 Å². The Morgan fingerprint density at radius 2 is 1.82 bits per heavy atom. The second-order valence-electron chi connectivity index (χ2n) is 8.29. The van der Waals surface area contributed by atoms with Crippen LogP contribution in [0.1, 0.15) is 41.6 Å². The maximum atomic E-state index is 13.2. The molecule has 0 atom stereocenters. The van der Waals surface area contributed by atoms with Crippen LogP contribution in [-0.4, -0.2) is 29.6 Å². The van der Waals surface area contributed by atoms with E-state index in [0.29, 0.717) is 40.8 Å². The molecule has 0 amide bonds. The van der Waals surface area contributed by atoms with Gasteiger partial charge < -0.3 is 9.84 Å². The number of aryl methyl sites for hydroxylation is 2. The normalized spacial score (nSPS) is 11.6. The van der Waals surface area contributed by atoms with Gasteiger partial charge in [0.25, 0.3) is 5.56 Å². The van der Waals surface area contributed by atoms with Gasteiger partial charge in [0.1, 0.15) is 18.0 Å². The Kier molecular flexibility index (Phi) is 6.09. The zero-order valence-corrected chi connectivity index (χ0v) is 20.0. The smallest absolute Gasteiger partial charge is 0.261 e. The first kappa shape index (κ1) is 22.8. The minimum absolute atomic E-state index is 0.170. The fourth-order valence-corrected chi connectivity index (χ4v) is 3.98. The Balaban J connectivity index is 1.69. The molecule has 0 aliphatic rings. The van der Waals surface area contributed by atoms with Crippen molar-refractivity contribution >= 4 is 11.3 Å². The predicted molar refractivity (Wildman–Crippen MR) is 127 cm³/mol. The fraction of sp³-hybridized carbons (Fsp3) is 0.292. The molecule has 4 aromatic rings. The lowest BCUT2D eigenvalue weighted by atomic mass is 10.1. The second kappa shape index (κ2) is 8.84. The summed E-state index contributed by atoms with van der Waals surface area (Å²) in [7, 11) is 0. The van der Waals surface area contributed by atoms with Crippen LogP contribution in [0.3, 0.4) is 0 Å². The van der Waals surface area contributed by atoms with Crippen LogP contribution >= 0.6 is 11.3 Å². The van der Waals surface area contributed by atoms with Crippen molar-refractivity contribution in [2.75, 3.05) is 0 Å². The molecule has 0 bridgehead atoms. The minimum atomic E-state index is -1.18. The Hall–Kier alpha value is -3.43. The van der Waals surface area contributed by atoms with Gasteiger partial charge in [0, 0.05) is 29.5 Å². The number of hydrogen-bond acceptors (Lipinski definition) is 8. The van der Waals surface area contributed by atoms with Crippen molar-refractivity contribution in [2.45, 2.75) is 46.8 Å². The van der Waals surface area contributed by atoms with Gasteiger partial charge in [-0.05, 0) is 52.8 Å². The molecule has 0 aliphatic heterocycles. The predicted octanol–water partition coefficient (Wildman–Crippen LogP) is 3.88. The van der Waals surface area contributed by atoms with E-state index in [2.05, 4.69) is 19.9 Å². The molecule has 1 N–H and O–H groups in total. The Morgan fingerprint density at radius 1 is 1.06 bits per heavy atom. The fourth-order valence-electron chi connectivity index (χ4n) is 3.39. The molecule has 0 unspecified atom stereocenters. The van der Waals surface area contributed by atoms with Crippen LogP contribution in [0.25, 0.3) is 17.1 Å². The van der Waals surface area contributed by atoms with E-state index < -0.39 is 5.60 Å². The van der Waals surface area contributed by atoms with Gasteiger partial charge in [0.2, 0.25) is 0 Å². The number of aliphatic hydroxyl groups is 1. The molecule has 33 heavy (non-hydrogen) atoms. The Morgan fingerprint density at radius 3 is 2.52 bits per heavy atom. The molecule has 0 radical (unpaired) electrons. The lowest BCUT2D eigenvalue weighted by molar-refractivity contribution is 0.0688. The third-order valence-corrected chi connectivity index (χ3v) is 5.92. The third kappa shape index (κ3) is 4.84. The molecule has 0 saturated carbocycles. The van der Waals surface area contributed by atoms with E-state index in [1.807, 2.05) is 25.3 Å². The van der Waals surface area contributed by atoms with Crippen LogP contribution in [0.15, 0.2) is 46.8 Å². The van der Waals surface area contributed by atoms with Crippen molar-refractivity contribution in [3.63, 3.8) is 0 Å². The van der Waals surface area contributed by atoms with Crippen molar-refractivity contribution < 1.29 is 9.84 Å². The zero-order chi connectivity index (χ0) is 23.8. The van der Waals surface area contributed by atoms with Gasteiger partial charge in [0.05, 0.1) is 33.3 Å². The van der Waals surface area contributed by atoms with Crippen molar-refractivity contribution in [2.24, 2.45) is 0 Å². The second-order valence-corrected chi connectivity index (χ2v) is 9.35. The molecule has 4 rings (SSSR count). The number of ether oxygens (including phenoxy) is 1. The van der Waals surface area contributed by atoms with Crippen LogP contribution in [0, 0.1) is 20.8 Å². The highest BCUT2D eigenvalue weighted by Crippen LogP contribution is 2.24. The highest BCUT2D eigenvalue weighted by Gasteiger charge is 2.20. The van der Waals surface area contributed by atoms with E-state index in [9.17, 15) is 9.90 Å². The van der Waals surface area contributed by atoms with E-state index in [1.54, 1.807) is 67.3 Å². The summed E-state index contributed by atoms with van der Waals surface area (Å²) < 4.78 is 7.53. The summed E-state index contributed by atoms with van der Waals surface area (Å²) in [4.78, 5) is 30.6. The summed E-state index contributed by atoms with van der Waals surface area (Å²) in [5.41, 5.74) is 2.53. The lowest BCUT2D eigenvalue weighted by Crippen LogP contribution is -2.23. The molecule has 4 aromatic heterocycles. The molecule has 0 spiro atoms. The van der Waals surface area contributed by atoms with E-state index in [1.165, 1.54) is 0 Å². The van der Waals surface area contributed by atoms with Crippen molar-refractivity contribution in [1.29, 1.82) is 0 Å². The molecule has 0 aliphatic carbocycles. The zero-order valence-electron chi connectivity index (χ0n) is 19.2. The van der Waals surface area contributed by atoms with E-state index >= 15 is 0 Å². The number of rotatable bonds is 6. The van der Waals surface area contributed by atoms with Gasteiger partial charge in [0.15, 0.2) is 5.82 Å². The first-order valence-corrected chi connectivity index (χ1v) is 11.3. The van der Waals surface area contributed by atoms with E-state index in [4.69, 9.17) is 4.74 Å². The van der Waals surface area contributed by atoms with Gasteiger partial charge in [-0.3, -0.25) is 14.3 Å². The quantitative estimate of drug-likeness (QED) is 0.463. The van der Waals surface area contributed by atoms with Gasteiger partial charge in [-0.1, -0.05) is 0 Å². The van der Waals surface area contributed by atoms with Crippen molar-refractivity contribution in [1.82, 2.24) is 24.5 Å². The van der Waals surface area contributed by atoms with Gasteiger partial charge in [-0.2, -0.15) is 0 Å². The molecule has 9 heteroatoms. The first-order valence-electron chi connectivity index (χ1n) is 10.4. The standard InChI is InChI=1S/C24H25N5O3S/c1-14-10-21(32-12-17-13-33-16(3)27-17)15(2)22(30)29(14)18-6-8-25-20(11-18)19-7-9-26-23(28-19)24(4,5)31/h6-11,13,31H,12H2,1-5H3. The molecule has 170 valence electrons. The average molecular weight is 464 g/mol. The number of aromatic nitrogens is 5. The van der Waals surface area contributed by atoms with Crippen LogP contribution in [0.5, 0.6) is 5.75 Å². The summed E-state index contributed by atoms with van der Waals surface area (Å²) in [6, 6.07) is 7.14. The summed E-state index contributed by atoms with van der Waals surface area (Å²) in [6.45, 7) is 9.12. The summed E-state index contributed by atoms with van der Waals surface area (Å²) in [5.74, 6) is 0.840. The van der Waals surface area contributed by atoms with Crippen LogP contribution in [0.4, 0.5) is 0 Å². The van der Waals surface area contributed by atoms with Crippen molar-refractivity contribution in [3.05, 3.63) is 80.2 Å². The topological polar surface area (TPSA) is 103 Å². The van der Waals surface area contributed by atoms with Crippen molar-refractivity contribution in [3.8, 4) is 22.8 Å². The molecule has 0 fully saturated rings. The molecule has 4 heterocycles. The molecule has 8 nitrogen and oxygen atoms in total. The maximum Gasteiger partial charge on any atom is 0.261 e. The lowest BCUT2D eigenvalue weighted by Gasteiger charge is -2.17. The monoisotopic (exact) mass is 463 g/mol. The maximum absolute atomic E-state index is 13.2. The molecule has 0 aromatic carbocycles. The Labute approximate surface area is 195 Å². The largest absolute Gasteiger partial charge is 0.487 e. The minimum Gasteiger partial charge on any atom is -0.487 e. The van der Waals surface area contributed by atoms with E-state index in [-0.39, 0.29) is 5.56 Å². The van der Waals surface area contributed by atoms with Gasteiger partial charge in [-0.15, -0.1) is 11.3 Å². The third-order valence-electron chi connectivity index (χ3n) is 5.10. The molecular weight excluding hydrogens is 438 g/mol. The highest BCUT2D eigenvalue weighted by atomic mass is 32.1. The number of pyridine rings is 2. The van der Waals surface area contributed by atoms with Crippen LogP contribution in [0.2, 0.25) is 0 Å². The summed E-state index contributed by atoms with van der Waals surface area (Å²) in [5, 5.41) is 13.2. The average Bonchev–Trinajstić information content (AvgIpc) is 3.20. The molecular formula is C24H25N5O3S. The van der Waals surface area contributed by atoms with Gasteiger partial charge >= 0.3 is 0 Å². The number of nitrogens with zero attached hydrogens (tertiary/aromatic N) is 5. The summed E-state index contributed by atoms with van der Waals surface area (Å²) >= 11 is 1.57. The highest BCUT2D eigenvalue weighted by molar-refractivity contribution is 7.09. The number of thiazole rings is 1. The van der Waals surface area contributed by atoms with E-state index in [0.717, 1.165) is 16.4 Å². The van der Waals surface area contributed by atoms with Crippen LogP contribution in [-0.2, 0) is 12.2 Å². The Bertz CT molecular complexity index is 1370. The number of hydrogen-bond donors (Lipinski definition) is 1.